The zero-order valence-electron chi connectivity index (χ0n) is 18.8. The van der Waals surface area contributed by atoms with Gasteiger partial charge in [-0.1, -0.05) is 79.4 Å². The van der Waals surface area contributed by atoms with Crippen molar-refractivity contribution in [3.8, 4) is 11.1 Å². The van der Waals surface area contributed by atoms with E-state index in [0.29, 0.717) is 16.7 Å². The molecule has 0 amide bonds. The third kappa shape index (κ3) is 5.23. The Morgan fingerprint density at radius 3 is 2.08 bits per heavy atom. The van der Waals surface area contributed by atoms with Crippen molar-refractivity contribution in [2.24, 2.45) is 0 Å². The molecule has 0 unspecified atom stereocenters. The molecule has 0 bridgehead atoms. The first kappa shape index (κ1) is 25.3. The summed E-state index contributed by atoms with van der Waals surface area (Å²) in [5, 5.41) is -0.200. The predicted octanol–water partition coefficient (Wildman–Crippen LogP) is 6.49. The highest BCUT2D eigenvalue weighted by molar-refractivity contribution is 7.93. The fraction of sp³-hybridized carbons (Fsp3) is 0. The van der Waals surface area contributed by atoms with Gasteiger partial charge in [-0.3, -0.25) is 9.44 Å². The summed E-state index contributed by atoms with van der Waals surface area (Å²) in [5.74, 6) is 0.231. The second kappa shape index (κ2) is 10.1. The molecule has 0 aliphatic carbocycles. The number of benzene rings is 3. The summed E-state index contributed by atoms with van der Waals surface area (Å²) < 4.78 is 63.2. The van der Waals surface area contributed by atoms with Gasteiger partial charge in [-0.25, -0.2) is 8.42 Å². The molecular formula is C26H21ClN2O5S2. The van der Waals surface area contributed by atoms with Crippen LogP contribution in [0, 0.1) is 0 Å². The molecule has 184 valence electrons. The molecule has 3 aromatic carbocycles. The second-order valence-corrected chi connectivity index (χ2v) is 11.3. The molecule has 0 aliphatic heterocycles. The molecule has 4 rings (SSSR count). The van der Waals surface area contributed by atoms with Crippen LogP contribution >= 0.6 is 11.6 Å². The van der Waals surface area contributed by atoms with Crippen LogP contribution in [0.1, 0.15) is 11.3 Å². The third-order valence-corrected chi connectivity index (χ3v) is 8.05. The molecule has 0 aliphatic rings. The highest BCUT2D eigenvalue weighted by Crippen LogP contribution is 2.33. The van der Waals surface area contributed by atoms with E-state index in [2.05, 4.69) is 22.6 Å². The topological polar surface area (TPSA) is 105 Å². The molecular weight excluding hydrogens is 520 g/mol. The Morgan fingerprint density at radius 1 is 0.750 bits per heavy atom. The summed E-state index contributed by atoms with van der Waals surface area (Å²) in [5.41, 5.74) is 1.54. The van der Waals surface area contributed by atoms with Gasteiger partial charge in [-0.05, 0) is 35.9 Å². The molecule has 1 heterocycles. The van der Waals surface area contributed by atoms with E-state index in [-0.39, 0.29) is 27.1 Å². The Bertz CT molecular complexity index is 1640. The van der Waals surface area contributed by atoms with Crippen LogP contribution in [0.25, 0.3) is 23.3 Å². The average Bonchev–Trinajstić information content (AvgIpc) is 3.31. The van der Waals surface area contributed by atoms with Crippen molar-refractivity contribution in [1.82, 2.24) is 0 Å². The lowest BCUT2D eigenvalue weighted by Crippen LogP contribution is -2.18. The molecule has 0 spiro atoms. The third-order valence-electron chi connectivity index (χ3n) is 5.17. The van der Waals surface area contributed by atoms with Gasteiger partial charge in [-0.15, -0.1) is 0 Å². The Balaban J connectivity index is 1.72. The second-order valence-electron chi connectivity index (χ2n) is 7.56. The lowest BCUT2D eigenvalue weighted by atomic mass is 10.1. The van der Waals surface area contributed by atoms with Crippen LogP contribution in [0.4, 0.5) is 11.4 Å². The summed E-state index contributed by atoms with van der Waals surface area (Å²) in [6, 6.07) is 21.0. The van der Waals surface area contributed by atoms with E-state index in [9.17, 15) is 16.8 Å². The van der Waals surface area contributed by atoms with E-state index in [1.165, 1.54) is 42.5 Å². The Morgan fingerprint density at radius 2 is 1.42 bits per heavy atom. The molecule has 0 saturated heterocycles. The largest absolute Gasteiger partial charge is 0.443 e. The van der Waals surface area contributed by atoms with Gasteiger partial charge in [0, 0.05) is 22.2 Å². The molecule has 36 heavy (non-hydrogen) atoms. The van der Waals surface area contributed by atoms with Gasteiger partial charge >= 0.3 is 0 Å². The highest BCUT2D eigenvalue weighted by Gasteiger charge is 2.25. The molecule has 0 fully saturated rings. The summed E-state index contributed by atoms with van der Waals surface area (Å²) >= 11 is 6.10. The number of furan rings is 1. The zero-order chi connectivity index (χ0) is 25.9. The number of hydrogen-bond donors (Lipinski definition) is 2. The first-order valence-electron chi connectivity index (χ1n) is 10.5. The number of sulfonamides is 2. The van der Waals surface area contributed by atoms with Gasteiger partial charge in [0.15, 0.2) is 0 Å². The monoisotopic (exact) mass is 540 g/mol. The van der Waals surface area contributed by atoms with Crippen molar-refractivity contribution in [2.45, 2.75) is 9.99 Å². The molecule has 0 radical (unpaired) electrons. The maximum atomic E-state index is 13.4. The van der Waals surface area contributed by atoms with E-state index >= 15 is 0 Å². The lowest BCUT2D eigenvalue weighted by molar-refractivity contribution is 0.445. The summed E-state index contributed by atoms with van der Waals surface area (Å²) in [6.45, 7) is 7.22. The van der Waals surface area contributed by atoms with Crippen LogP contribution < -0.4 is 9.44 Å². The summed E-state index contributed by atoms with van der Waals surface area (Å²) in [4.78, 5) is 0.0252. The standard InChI is InChI=1S/C26H21ClN2O5S2/c1-3-18-16-26(34-24(18)4-2)36(32,33)29-23-17-20(27)14-15-22(23)28-35(30,31)25-13-9-8-12-21(25)19-10-6-5-7-11-19/h3-17,28-29H,1-2H2. The molecule has 1 aromatic heterocycles. The first-order chi connectivity index (χ1) is 17.1. The van der Waals surface area contributed by atoms with Crippen molar-refractivity contribution >= 4 is 55.2 Å². The Kier molecular flexibility index (Phi) is 7.07. The van der Waals surface area contributed by atoms with Crippen LogP contribution in [0.15, 0.2) is 106 Å². The molecule has 10 heteroatoms. The first-order valence-corrected chi connectivity index (χ1v) is 13.9. The van der Waals surface area contributed by atoms with Crippen molar-refractivity contribution in [2.75, 3.05) is 9.44 Å². The summed E-state index contributed by atoms with van der Waals surface area (Å²) in [7, 11) is -8.39. The Labute approximate surface area is 214 Å². The van der Waals surface area contributed by atoms with Crippen molar-refractivity contribution < 1.29 is 21.3 Å². The minimum absolute atomic E-state index is 0.0229. The van der Waals surface area contributed by atoms with Gasteiger partial charge in [0.2, 0.25) is 5.09 Å². The molecule has 0 atom stereocenters. The van der Waals surface area contributed by atoms with E-state index < -0.39 is 25.1 Å². The van der Waals surface area contributed by atoms with Crippen molar-refractivity contribution in [3.63, 3.8) is 0 Å². The number of hydrogen-bond acceptors (Lipinski definition) is 5. The van der Waals surface area contributed by atoms with Crippen LogP contribution in [0.2, 0.25) is 5.02 Å². The number of rotatable bonds is 9. The minimum atomic E-state index is -4.25. The van der Waals surface area contributed by atoms with Crippen LogP contribution in [-0.4, -0.2) is 16.8 Å². The molecule has 0 saturated carbocycles. The predicted molar refractivity (Wildman–Crippen MR) is 144 cm³/mol. The number of anilines is 2. The number of halogens is 1. The van der Waals surface area contributed by atoms with E-state index in [1.54, 1.807) is 30.3 Å². The maximum absolute atomic E-state index is 13.4. The normalized spacial score (nSPS) is 11.6. The van der Waals surface area contributed by atoms with Gasteiger partial charge in [0.05, 0.1) is 16.3 Å². The molecule has 4 aromatic rings. The van der Waals surface area contributed by atoms with Crippen LogP contribution in [0.3, 0.4) is 0 Å². The smallest absolute Gasteiger partial charge is 0.295 e. The average molecular weight is 541 g/mol. The fourth-order valence-corrected chi connectivity index (χ4v) is 6.01. The minimum Gasteiger partial charge on any atom is -0.443 e. The highest BCUT2D eigenvalue weighted by atomic mass is 35.5. The van der Waals surface area contributed by atoms with Crippen LogP contribution in [0.5, 0.6) is 0 Å². The SMILES string of the molecule is C=Cc1cc(S(=O)(=O)Nc2cc(Cl)ccc2NS(=O)(=O)c2ccccc2-c2ccccc2)oc1C=C. The van der Waals surface area contributed by atoms with E-state index in [0.717, 1.165) is 0 Å². The Hall–Kier alpha value is -3.79. The number of nitrogens with one attached hydrogen (secondary N) is 2. The van der Waals surface area contributed by atoms with Gasteiger partial charge in [-0.2, -0.15) is 8.42 Å². The van der Waals surface area contributed by atoms with Gasteiger partial charge in [0.1, 0.15) is 5.76 Å². The van der Waals surface area contributed by atoms with Gasteiger partial charge in [0.25, 0.3) is 20.0 Å². The zero-order valence-corrected chi connectivity index (χ0v) is 21.2. The lowest BCUT2D eigenvalue weighted by Gasteiger charge is -2.16. The molecule has 7 nitrogen and oxygen atoms in total. The summed E-state index contributed by atoms with van der Waals surface area (Å²) in [6.07, 6.45) is 2.79. The van der Waals surface area contributed by atoms with Crippen molar-refractivity contribution in [1.29, 1.82) is 0 Å². The van der Waals surface area contributed by atoms with E-state index in [4.69, 9.17) is 16.0 Å². The van der Waals surface area contributed by atoms with Crippen LogP contribution in [-0.2, 0) is 20.0 Å². The molecule has 2 N–H and O–H groups in total. The fourth-order valence-electron chi connectivity index (χ4n) is 3.49. The van der Waals surface area contributed by atoms with Gasteiger partial charge < -0.3 is 4.42 Å². The maximum Gasteiger partial charge on any atom is 0.295 e. The van der Waals surface area contributed by atoms with Crippen molar-refractivity contribution in [3.05, 3.63) is 108 Å². The van der Waals surface area contributed by atoms with E-state index in [1.807, 2.05) is 18.2 Å². The quantitative estimate of drug-likeness (QED) is 0.252.